The Morgan fingerprint density at radius 3 is 2.32 bits per heavy atom. The molecule has 1 N–H and O–H groups in total. The van der Waals surface area contributed by atoms with Crippen LogP contribution in [0, 0.1) is 6.92 Å². The van der Waals surface area contributed by atoms with E-state index in [1.807, 2.05) is 19.1 Å². The van der Waals surface area contributed by atoms with Gasteiger partial charge in [0.05, 0.1) is 12.3 Å². The molecule has 6 nitrogen and oxygen atoms in total. The van der Waals surface area contributed by atoms with Gasteiger partial charge in [0.2, 0.25) is 0 Å². The van der Waals surface area contributed by atoms with Gasteiger partial charge in [-0.15, -0.1) is 0 Å². The molecule has 0 fully saturated rings. The highest BCUT2D eigenvalue weighted by Crippen LogP contribution is 2.25. The summed E-state index contributed by atoms with van der Waals surface area (Å²) < 4.78 is 5.05. The topological polar surface area (TPSA) is 88.3 Å². The number of carbonyl (C=O) groups is 2. The number of benzene rings is 2. The number of aliphatic hydroxyl groups excluding tert-OH is 1. The minimum atomic E-state index is -0.679. The molecule has 1 aliphatic heterocycles. The summed E-state index contributed by atoms with van der Waals surface area (Å²) in [7, 11) is 0. The van der Waals surface area contributed by atoms with Crippen molar-refractivity contribution in [2.75, 3.05) is 6.61 Å². The van der Waals surface area contributed by atoms with Gasteiger partial charge in [-0.1, -0.05) is 42.0 Å². The number of rotatable bonds is 4. The molecule has 28 heavy (non-hydrogen) atoms. The van der Waals surface area contributed by atoms with Gasteiger partial charge in [-0.05, 0) is 32.9 Å². The minimum Gasteiger partial charge on any atom is -0.512 e. The van der Waals surface area contributed by atoms with E-state index < -0.39 is 11.9 Å². The van der Waals surface area contributed by atoms with Gasteiger partial charge in [0.15, 0.2) is 5.84 Å². The zero-order chi connectivity index (χ0) is 20.3. The molecule has 1 heterocycles. The van der Waals surface area contributed by atoms with Crippen molar-refractivity contribution < 1.29 is 19.4 Å². The number of esters is 1. The lowest BCUT2D eigenvalue weighted by Crippen LogP contribution is -2.18. The highest BCUT2D eigenvalue weighted by atomic mass is 16.5. The zero-order valence-electron chi connectivity index (χ0n) is 15.9. The van der Waals surface area contributed by atoms with Gasteiger partial charge in [0.25, 0.3) is 5.91 Å². The van der Waals surface area contributed by atoms with Crippen LogP contribution in [0.5, 0.6) is 0 Å². The molecular weight excluding hydrogens is 356 g/mol. The van der Waals surface area contributed by atoms with Crippen molar-refractivity contribution in [3.8, 4) is 0 Å². The smallest absolute Gasteiger partial charge is 0.343 e. The van der Waals surface area contributed by atoms with Gasteiger partial charge < -0.3 is 9.84 Å². The number of hydrogen-bond acceptors (Lipinski definition) is 4. The SMILES string of the molecule is CCOC(=O)C(C1=NC(=NC(=O)c2ccc(C)cc2)c2ccccc21)=C(C)O. The fourth-order valence-electron chi connectivity index (χ4n) is 2.86. The average Bonchev–Trinajstić information content (AvgIpc) is 3.00. The van der Waals surface area contributed by atoms with E-state index in [1.165, 1.54) is 6.92 Å². The molecule has 3 rings (SSSR count). The van der Waals surface area contributed by atoms with Gasteiger partial charge in [-0.3, -0.25) is 4.79 Å². The van der Waals surface area contributed by atoms with Crippen LogP contribution in [0.15, 0.2) is 69.8 Å². The van der Waals surface area contributed by atoms with Crippen molar-refractivity contribution in [1.82, 2.24) is 0 Å². The van der Waals surface area contributed by atoms with Gasteiger partial charge in [-0.2, -0.15) is 4.99 Å². The number of amidine groups is 1. The number of fused-ring (bicyclic) bond motifs is 1. The maximum atomic E-state index is 12.6. The summed E-state index contributed by atoms with van der Waals surface area (Å²) in [6.07, 6.45) is 0. The number of aliphatic hydroxyl groups is 1. The summed E-state index contributed by atoms with van der Waals surface area (Å²) in [6, 6.07) is 14.2. The second-order valence-electron chi connectivity index (χ2n) is 6.29. The molecule has 0 saturated heterocycles. The first kappa shape index (κ1) is 19.2. The van der Waals surface area contributed by atoms with Crippen molar-refractivity contribution >= 4 is 23.4 Å². The van der Waals surface area contributed by atoms with Crippen molar-refractivity contribution in [1.29, 1.82) is 0 Å². The van der Waals surface area contributed by atoms with Crippen molar-refractivity contribution in [3.05, 3.63) is 82.1 Å². The Morgan fingerprint density at radius 1 is 1.07 bits per heavy atom. The quantitative estimate of drug-likeness (QED) is 0.500. The van der Waals surface area contributed by atoms with Gasteiger partial charge >= 0.3 is 5.97 Å². The van der Waals surface area contributed by atoms with Crippen LogP contribution >= 0.6 is 0 Å². The second kappa shape index (κ2) is 8.00. The third-order valence-electron chi connectivity index (χ3n) is 4.22. The number of allylic oxidation sites excluding steroid dienone is 1. The molecule has 1 aliphatic rings. The molecule has 0 atom stereocenters. The Labute approximate surface area is 162 Å². The van der Waals surface area contributed by atoms with Crippen molar-refractivity contribution in [2.24, 2.45) is 9.98 Å². The van der Waals surface area contributed by atoms with E-state index in [4.69, 9.17) is 4.74 Å². The molecule has 0 aliphatic carbocycles. The van der Waals surface area contributed by atoms with Crippen LogP contribution in [0.1, 0.15) is 40.9 Å². The second-order valence-corrected chi connectivity index (χ2v) is 6.29. The fourth-order valence-corrected chi connectivity index (χ4v) is 2.86. The maximum absolute atomic E-state index is 12.6. The summed E-state index contributed by atoms with van der Waals surface area (Å²) >= 11 is 0. The summed E-state index contributed by atoms with van der Waals surface area (Å²) in [5.41, 5.74) is 2.90. The Morgan fingerprint density at radius 2 is 1.71 bits per heavy atom. The first-order valence-corrected chi connectivity index (χ1v) is 8.87. The average molecular weight is 376 g/mol. The lowest BCUT2D eigenvalue weighted by molar-refractivity contribution is -0.138. The number of nitrogens with zero attached hydrogens (tertiary/aromatic N) is 2. The molecule has 2 aromatic carbocycles. The summed E-state index contributed by atoms with van der Waals surface area (Å²) in [4.78, 5) is 33.4. The monoisotopic (exact) mass is 376 g/mol. The lowest BCUT2D eigenvalue weighted by Gasteiger charge is -2.08. The van der Waals surface area contributed by atoms with Crippen LogP contribution in [0.2, 0.25) is 0 Å². The highest BCUT2D eigenvalue weighted by Gasteiger charge is 2.30. The van der Waals surface area contributed by atoms with E-state index in [1.54, 1.807) is 43.3 Å². The number of amides is 1. The predicted molar refractivity (Wildman–Crippen MR) is 107 cm³/mol. The largest absolute Gasteiger partial charge is 0.512 e. The van der Waals surface area contributed by atoms with Gasteiger partial charge in [-0.25, -0.2) is 9.79 Å². The molecule has 0 saturated carbocycles. The van der Waals surface area contributed by atoms with Crippen LogP contribution in [0.4, 0.5) is 0 Å². The molecule has 0 spiro atoms. The number of aliphatic imine (C=N–C) groups is 2. The Balaban J connectivity index is 2.08. The van der Waals surface area contributed by atoms with E-state index in [2.05, 4.69) is 9.98 Å². The Bertz CT molecular complexity index is 1030. The highest BCUT2D eigenvalue weighted by molar-refractivity contribution is 6.36. The lowest BCUT2D eigenvalue weighted by atomic mass is 9.99. The molecular formula is C22H20N2O4. The first-order chi connectivity index (χ1) is 13.4. The predicted octanol–water partition coefficient (Wildman–Crippen LogP) is 3.78. The molecule has 142 valence electrons. The molecule has 0 aromatic heterocycles. The Hall–Kier alpha value is -3.54. The van der Waals surface area contributed by atoms with E-state index in [9.17, 15) is 14.7 Å². The number of hydrogen-bond donors (Lipinski definition) is 1. The van der Waals surface area contributed by atoms with Crippen LogP contribution < -0.4 is 0 Å². The third kappa shape index (κ3) is 3.76. The zero-order valence-corrected chi connectivity index (χ0v) is 15.9. The Kier molecular flexibility index (Phi) is 5.49. The minimum absolute atomic E-state index is 0.0396. The molecule has 2 aromatic rings. The molecule has 0 radical (unpaired) electrons. The van der Waals surface area contributed by atoms with E-state index in [0.29, 0.717) is 16.7 Å². The molecule has 6 heteroatoms. The van der Waals surface area contributed by atoms with Crippen molar-refractivity contribution in [3.63, 3.8) is 0 Å². The number of aryl methyl sites for hydroxylation is 1. The fraction of sp³-hybridized carbons (Fsp3) is 0.182. The van der Waals surface area contributed by atoms with Crippen LogP contribution in [0.3, 0.4) is 0 Å². The van der Waals surface area contributed by atoms with Gasteiger partial charge in [0, 0.05) is 16.7 Å². The molecule has 1 amide bonds. The van der Waals surface area contributed by atoms with Crippen LogP contribution in [0.25, 0.3) is 0 Å². The number of ether oxygens (including phenoxy) is 1. The summed E-state index contributed by atoms with van der Waals surface area (Å²) in [6.45, 7) is 5.17. The maximum Gasteiger partial charge on any atom is 0.343 e. The normalized spacial score (nSPS) is 15.0. The third-order valence-corrected chi connectivity index (χ3v) is 4.22. The van der Waals surface area contributed by atoms with Crippen LogP contribution in [-0.4, -0.2) is 35.1 Å². The summed E-state index contributed by atoms with van der Waals surface area (Å²) in [5.74, 6) is -1.13. The summed E-state index contributed by atoms with van der Waals surface area (Å²) in [5, 5.41) is 10.1. The van der Waals surface area contributed by atoms with Crippen molar-refractivity contribution in [2.45, 2.75) is 20.8 Å². The van der Waals surface area contributed by atoms with E-state index >= 15 is 0 Å². The molecule has 0 unspecified atom stereocenters. The standard InChI is InChI=1S/C22H20N2O4/c1-4-28-22(27)18(14(3)25)19-16-7-5-6-8-17(16)20(23-19)24-21(26)15-11-9-13(2)10-12-15/h5-12,25H,4H2,1-3H3. The van der Waals surface area contributed by atoms with Crippen LogP contribution in [-0.2, 0) is 9.53 Å². The number of carbonyl (C=O) groups excluding carboxylic acids is 2. The van der Waals surface area contributed by atoms with E-state index in [-0.39, 0.29) is 29.5 Å². The van der Waals surface area contributed by atoms with E-state index in [0.717, 1.165) is 5.56 Å². The van der Waals surface area contributed by atoms with Gasteiger partial charge in [0.1, 0.15) is 11.3 Å². The first-order valence-electron chi connectivity index (χ1n) is 8.87. The molecule has 0 bridgehead atoms.